The maximum absolute atomic E-state index is 11.6. The molecular weight excluding hydrogens is 204 g/mol. The van der Waals surface area contributed by atoms with Gasteiger partial charge in [-0.15, -0.1) is 0 Å². The number of hydrogen-bond donors (Lipinski definition) is 0. The van der Waals surface area contributed by atoms with E-state index in [0.717, 1.165) is 0 Å². The van der Waals surface area contributed by atoms with Gasteiger partial charge in [-0.3, -0.25) is 9.69 Å². The van der Waals surface area contributed by atoms with Crippen molar-refractivity contribution in [1.29, 1.82) is 5.26 Å². The van der Waals surface area contributed by atoms with Crippen LogP contribution >= 0.6 is 0 Å². The molecular formula is C12H22N2O2. The average Bonchev–Trinajstić information content (AvgIpc) is 2.22. The summed E-state index contributed by atoms with van der Waals surface area (Å²) in [5, 5.41) is 8.58. The van der Waals surface area contributed by atoms with Crippen molar-refractivity contribution in [2.75, 3.05) is 20.2 Å². The molecule has 0 saturated carbocycles. The van der Waals surface area contributed by atoms with Crippen LogP contribution in [0, 0.1) is 16.7 Å². The van der Waals surface area contributed by atoms with Gasteiger partial charge in [0.1, 0.15) is 0 Å². The molecule has 0 amide bonds. The predicted octanol–water partition coefficient (Wildman–Crippen LogP) is 1.81. The zero-order valence-corrected chi connectivity index (χ0v) is 10.9. The van der Waals surface area contributed by atoms with Crippen LogP contribution in [0.2, 0.25) is 0 Å². The number of carbonyl (C=O) groups excluding carboxylic acids is 1. The zero-order valence-electron chi connectivity index (χ0n) is 10.9. The van der Waals surface area contributed by atoms with E-state index in [1.54, 1.807) is 0 Å². The smallest absolute Gasteiger partial charge is 0.312 e. The van der Waals surface area contributed by atoms with Crippen LogP contribution in [0.1, 0.15) is 34.1 Å². The first-order valence-electron chi connectivity index (χ1n) is 5.54. The molecule has 0 fully saturated rings. The molecule has 16 heavy (non-hydrogen) atoms. The van der Waals surface area contributed by atoms with E-state index in [1.807, 2.05) is 13.8 Å². The Morgan fingerprint density at radius 2 is 2.06 bits per heavy atom. The third kappa shape index (κ3) is 4.63. The molecule has 4 heteroatoms. The van der Waals surface area contributed by atoms with Crippen LogP contribution in [0.25, 0.3) is 0 Å². The number of nitriles is 1. The largest absolute Gasteiger partial charge is 0.469 e. The summed E-state index contributed by atoms with van der Waals surface area (Å²) in [5.74, 6) is -0.213. The molecule has 0 aromatic carbocycles. The average molecular weight is 226 g/mol. The quantitative estimate of drug-likeness (QED) is 0.648. The SMILES string of the molecule is COC(=O)C(C)(C)CN(CCC#N)C(C)C. The van der Waals surface area contributed by atoms with Crippen molar-refractivity contribution in [3.63, 3.8) is 0 Å². The molecule has 0 atom stereocenters. The molecule has 0 aromatic rings. The number of hydrogen-bond acceptors (Lipinski definition) is 4. The second-order valence-corrected chi connectivity index (χ2v) is 4.85. The van der Waals surface area contributed by atoms with Gasteiger partial charge in [0.2, 0.25) is 0 Å². The van der Waals surface area contributed by atoms with Crippen molar-refractivity contribution in [2.24, 2.45) is 5.41 Å². The standard InChI is InChI=1S/C12H22N2O2/c1-10(2)14(8-6-7-13)9-12(3,4)11(15)16-5/h10H,6,8-9H2,1-5H3. The Balaban J connectivity index is 4.50. The number of rotatable bonds is 6. The molecule has 0 radical (unpaired) electrons. The third-order valence-corrected chi connectivity index (χ3v) is 2.58. The number of ether oxygens (including phenoxy) is 1. The van der Waals surface area contributed by atoms with Gasteiger partial charge < -0.3 is 4.74 Å². The summed E-state index contributed by atoms with van der Waals surface area (Å²) in [4.78, 5) is 13.7. The Morgan fingerprint density at radius 3 is 2.44 bits per heavy atom. The van der Waals surface area contributed by atoms with Crippen molar-refractivity contribution in [2.45, 2.75) is 40.2 Å². The van der Waals surface area contributed by atoms with Crippen molar-refractivity contribution in [3.05, 3.63) is 0 Å². The molecule has 0 rings (SSSR count). The number of esters is 1. The molecule has 0 aliphatic rings. The van der Waals surface area contributed by atoms with Crippen LogP contribution in [0.3, 0.4) is 0 Å². The summed E-state index contributed by atoms with van der Waals surface area (Å²) < 4.78 is 4.77. The highest BCUT2D eigenvalue weighted by atomic mass is 16.5. The second-order valence-electron chi connectivity index (χ2n) is 4.85. The van der Waals surface area contributed by atoms with Gasteiger partial charge >= 0.3 is 5.97 Å². The fraction of sp³-hybridized carbons (Fsp3) is 0.833. The second kappa shape index (κ2) is 6.49. The van der Waals surface area contributed by atoms with Crippen molar-refractivity contribution >= 4 is 5.97 Å². The Kier molecular flexibility index (Phi) is 6.05. The van der Waals surface area contributed by atoms with E-state index in [9.17, 15) is 4.79 Å². The summed E-state index contributed by atoms with van der Waals surface area (Å²) in [6.45, 7) is 9.14. The topological polar surface area (TPSA) is 53.3 Å². The molecule has 0 N–H and O–H groups in total. The number of methoxy groups -OCH3 is 1. The van der Waals surface area contributed by atoms with Crippen LogP contribution in [-0.4, -0.2) is 37.1 Å². The zero-order chi connectivity index (χ0) is 12.8. The highest BCUT2D eigenvalue weighted by Crippen LogP contribution is 2.20. The molecule has 0 heterocycles. The van der Waals surface area contributed by atoms with E-state index in [0.29, 0.717) is 25.6 Å². The molecule has 92 valence electrons. The lowest BCUT2D eigenvalue weighted by Crippen LogP contribution is -2.43. The van der Waals surface area contributed by atoms with Crippen molar-refractivity contribution < 1.29 is 9.53 Å². The van der Waals surface area contributed by atoms with Crippen molar-refractivity contribution in [1.82, 2.24) is 4.90 Å². The Labute approximate surface area is 98.2 Å². The Morgan fingerprint density at radius 1 is 1.50 bits per heavy atom. The van der Waals surface area contributed by atoms with Gasteiger partial charge in [0.15, 0.2) is 0 Å². The van der Waals surface area contributed by atoms with Gasteiger partial charge in [0, 0.05) is 25.6 Å². The first kappa shape index (κ1) is 14.9. The van der Waals surface area contributed by atoms with E-state index in [2.05, 4.69) is 24.8 Å². The molecule has 0 spiro atoms. The molecule has 4 nitrogen and oxygen atoms in total. The minimum atomic E-state index is -0.533. The van der Waals surface area contributed by atoms with Crippen LogP contribution < -0.4 is 0 Å². The first-order valence-corrected chi connectivity index (χ1v) is 5.54. The fourth-order valence-corrected chi connectivity index (χ4v) is 1.56. The summed E-state index contributed by atoms with van der Waals surface area (Å²) >= 11 is 0. The molecule has 0 aliphatic heterocycles. The Bertz CT molecular complexity index is 267. The van der Waals surface area contributed by atoms with Crippen LogP contribution in [0.15, 0.2) is 0 Å². The first-order chi connectivity index (χ1) is 7.35. The fourth-order valence-electron chi connectivity index (χ4n) is 1.56. The Hall–Kier alpha value is -1.08. The minimum Gasteiger partial charge on any atom is -0.469 e. The van der Waals surface area contributed by atoms with E-state index < -0.39 is 5.41 Å². The maximum atomic E-state index is 11.6. The van der Waals surface area contributed by atoms with Gasteiger partial charge in [-0.05, 0) is 27.7 Å². The lowest BCUT2D eigenvalue weighted by atomic mass is 9.92. The van der Waals surface area contributed by atoms with E-state index in [4.69, 9.17) is 10.00 Å². The number of carbonyl (C=O) groups is 1. The van der Waals surface area contributed by atoms with E-state index in [-0.39, 0.29) is 5.97 Å². The van der Waals surface area contributed by atoms with E-state index >= 15 is 0 Å². The molecule has 0 saturated heterocycles. The minimum absolute atomic E-state index is 0.213. The lowest BCUT2D eigenvalue weighted by molar-refractivity contribution is -0.152. The molecule has 0 unspecified atom stereocenters. The summed E-state index contributed by atoms with van der Waals surface area (Å²) in [5.41, 5.74) is -0.533. The maximum Gasteiger partial charge on any atom is 0.312 e. The van der Waals surface area contributed by atoms with Gasteiger partial charge in [0.05, 0.1) is 18.6 Å². The van der Waals surface area contributed by atoms with Crippen LogP contribution in [-0.2, 0) is 9.53 Å². The van der Waals surface area contributed by atoms with Gasteiger partial charge in [0.25, 0.3) is 0 Å². The summed E-state index contributed by atoms with van der Waals surface area (Å²) in [6, 6.07) is 2.44. The third-order valence-electron chi connectivity index (χ3n) is 2.58. The molecule has 0 aliphatic carbocycles. The van der Waals surface area contributed by atoms with Crippen LogP contribution in [0.4, 0.5) is 0 Å². The van der Waals surface area contributed by atoms with Gasteiger partial charge in [-0.2, -0.15) is 5.26 Å². The predicted molar refractivity (Wildman–Crippen MR) is 62.7 cm³/mol. The molecule has 0 aromatic heterocycles. The van der Waals surface area contributed by atoms with E-state index in [1.165, 1.54) is 7.11 Å². The normalized spacial score (nSPS) is 11.6. The van der Waals surface area contributed by atoms with Crippen LogP contribution in [0.5, 0.6) is 0 Å². The highest BCUT2D eigenvalue weighted by molar-refractivity contribution is 5.76. The van der Waals surface area contributed by atoms with Gasteiger partial charge in [-0.25, -0.2) is 0 Å². The highest BCUT2D eigenvalue weighted by Gasteiger charge is 2.31. The molecule has 0 bridgehead atoms. The van der Waals surface area contributed by atoms with Gasteiger partial charge in [-0.1, -0.05) is 0 Å². The lowest BCUT2D eigenvalue weighted by Gasteiger charge is -2.32. The number of nitrogens with zero attached hydrogens (tertiary/aromatic N) is 2. The monoisotopic (exact) mass is 226 g/mol. The summed E-state index contributed by atoms with van der Waals surface area (Å²) in [7, 11) is 1.40. The summed E-state index contributed by atoms with van der Waals surface area (Å²) in [6.07, 6.45) is 0.482. The van der Waals surface area contributed by atoms with Crippen molar-refractivity contribution in [3.8, 4) is 6.07 Å².